The average Bonchev–Trinajstić information content (AvgIpc) is 2.27. The highest BCUT2D eigenvalue weighted by Crippen LogP contribution is 2.11. The van der Waals surface area contributed by atoms with Gasteiger partial charge in [-0.2, -0.15) is 4.98 Å². The number of hydrazine groups is 1. The van der Waals surface area contributed by atoms with E-state index in [0.29, 0.717) is 24.7 Å². The number of aryl methyl sites for hydroxylation is 1. The lowest BCUT2D eigenvalue weighted by Gasteiger charge is -2.12. The fourth-order valence-corrected chi connectivity index (χ4v) is 1.05. The third kappa shape index (κ3) is 3.34. The van der Waals surface area contributed by atoms with E-state index in [2.05, 4.69) is 20.7 Å². The van der Waals surface area contributed by atoms with Gasteiger partial charge in [-0.3, -0.25) is 5.43 Å². The van der Waals surface area contributed by atoms with E-state index in [9.17, 15) is 5.11 Å². The van der Waals surface area contributed by atoms with E-state index in [1.807, 2.05) is 13.8 Å². The molecule has 15 heavy (non-hydrogen) atoms. The zero-order chi connectivity index (χ0) is 11.3. The predicted octanol–water partition coefficient (Wildman–Crippen LogP) is 0.253. The molecule has 1 atom stereocenters. The summed E-state index contributed by atoms with van der Waals surface area (Å²) in [7, 11) is 0. The molecule has 0 aromatic carbocycles. The van der Waals surface area contributed by atoms with Crippen molar-refractivity contribution in [2.24, 2.45) is 5.84 Å². The van der Waals surface area contributed by atoms with Gasteiger partial charge in [-0.05, 0) is 13.3 Å². The molecule has 0 aliphatic rings. The van der Waals surface area contributed by atoms with Crippen LogP contribution in [0.2, 0.25) is 0 Å². The highest BCUT2D eigenvalue weighted by Gasteiger charge is 2.05. The zero-order valence-electron chi connectivity index (χ0n) is 8.99. The third-order valence-corrected chi connectivity index (χ3v) is 2.08. The monoisotopic (exact) mass is 211 g/mol. The number of nitrogens with zero attached hydrogens (tertiary/aromatic N) is 2. The van der Waals surface area contributed by atoms with Crippen molar-refractivity contribution in [1.82, 2.24) is 9.97 Å². The number of aliphatic hydroxyl groups excluding tert-OH is 1. The van der Waals surface area contributed by atoms with Crippen LogP contribution in [0.25, 0.3) is 0 Å². The average molecular weight is 211 g/mol. The summed E-state index contributed by atoms with van der Waals surface area (Å²) in [6, 6.07) is 0. The van der Waals surface area contributed by atoms with Crippen molar-refractivity contribution >= 4 is 11.8 Å². The minimum absolute atomic E-state index is 0.356. The number of hydrogen-bond acceptors (Lipinski definition) is 6. The van der Waals surface area contributed by atoms with Crippen molar-refractivity contribution in [3.63, 3.8) is 0 Å². The second kappa shape index (κ2) is 5.47. The SMILES string of the molecule is CCC(O)CNc1nc(NN)ncc1C. The normalized spacial score (nSPS) is 12.3. The summed E-state index contributed by atoms with van der Waals surface area (Å²) in [6.07, 6.45) is 2.01. The topological polar surface area (TPSA) is 96.1 Å². The van der Waals surface area contributed by atoms with Gasteiger partial charge >= 0.3 is 0 Å². The first-order chi connectivity index (χ1) is 7.17. The van der Waals surface area contributed by atoms with Gasteiger partial charge < -0.3 is 10.4 Å². The molecule has 0 spiro atoms. The summed E-state index contributed by atoms with van der Waals surface area (Å²) in [5, 5.41) is 12.4. The van der Waals surface area contributed by atoms with Crippen molar-refractivity contribution in [2.75, 3.05) is 17.3 Å². The van der Waals surface area contributed by atoms with E-state index < -0.39 is 0 Å². The molecule has 0 radical (unpaired) electrons. The van der Waals surface area contributed by atoms with Gasteiger partial charge in [-0.25, -0.2) is 10.8 Å². The molecule has 84 valence electrons. The molecule has 0 aliphatic heterocycles. The number of rotatable bonds is 5. The molecule has 0 fully saturated rings. The second-order valence-electron chi connectivity index (χ2n) is 3.31. The van der Waals surface area contributed by atoms with E-state index in [1.165, 1.54) is 0 Å². The zero-order valence-corrected chi connectivity index (χ0v) is 8.99. The molecule has 6 heteroatoms. The fourth-order valence-electron chi connectivity index (χ4n) is 1.05. The molecule has 0 aliphatic carbocycles. The number of anilines is 2. The lowest BCUT2D eigenvalue weighted by Crippen LogP contribution is -2.20. The van der Waals surface area contributed by atoms with E-state index in [0.717, 1.165) is 5.56 Å². The molecule has 0 saturated heterocycles. The number of aromatic nitrogens is 2. The summed E-state index contributed by atoms with van der Waals surface area (Å²) in [5.74, 6) is 6.24. The van der Waals surface area contributed by atoms with Crippen LogP contribution in [0.3, 0.4) is 0 Å². The van der Waals surface area contributed by atoms with Crippen LogP contribution >= 0.6 is 0 Å². The summed E-state index contributed by atoms with van der Waals surface area (Å²) < 4.78 is 0. The maximum Gasteiger partial charge on any atom is 0.239 e. The quantitative estimate of drug-likeness (QED) is 0.412. The van der Waals surface area contributed by atoms with Gasteiger partial charge in [-0.15, -0.1) is 0 Å². The Labute approximate surface area is 88.9 Å². The first-order valence-corrected chi connectivity index (χ1v) is 4.89. The smallest absolute Gasteiger partial charge is 0.239 e. The van der Waals surface area contributed by atoms with E-state index in [-0.39, 0.29) is 6.10 Å². The standard InChI is InChI=1S/C9H17N5O/c1-3-7(15)5-11-8-6(2)4-12-9(13-8)14-10/h4,7,15H,3,5,10H2,1-2H3,(H2,11,12,13,14). The van der Waals surface area contributed by atoms with Gasteiger partial charge in [0.2, 0.25) is 5.95 Å². The summed E-state index contributed by atoms with van der Waals surface area (Å²) in [4.78, 5) is 8.08. The summed E-state index contributed by atoms with van der Waals surface area (Å²) >= 11 is 0. The Morgan fingerprint density at radius 1 is 1.60 bits per heavy atom. The minimum atomic E-state index is -0.367. The number of aliphatic hydroxyl groups is 1. The van der Waals surface area contributed by atoms with Crippen LogP contribution in [-0.4, -0.2) is 27.7 Å². The molecule has 1 aromatic heterocycles. The largest absolute Gasteiger partial charge is 0.391 e. The van der Waals surface area contributed by atoms with Crippen LogP contribution < -0.4 is 16.6 Å². The second-order valence-corrected chi connectivity index (χ2v) is 3.31. The van der Waals surface area contributed by atoms with Gasteiger partial charge in [0.05, 0.1) is 6.10 Å². The molecular weight excluding hydrogens is 194 g/mol. The van der Waals surface area contributed by atoms with Gasteiger partial charge in [-0.1, -0.05) is 6.92 Å². The molecule has 1 rings (SSSR count). The van der Waals surface area contributed by atoms with Gasteiger partial charge in [0.15, 0.2) is 0 Å². The van der Waals surface area contributed by atoms with Gasteiger partial charge in [0, 0.05) is 18.3 Å². The number of nitrogens with one attached hydrogen (secondary N) is 2. The molecule has 0 bridgehead atoms. The number of nitrogens with two attached hydrogens (primary N) is 1. The molecule has 1 aromatic rings. The Morgan fingerprint density at radius 2 is 2.33 bits per heavy atom. The molecule has 5 N–H and O–H groups in total. The lowest BCUT2D eigenvalue weighted by molar-refractivity contribution is 0.183. The van der Waals surface area contributed by atoms with Crippen LogP contribution in [0.15, 0.2) is 6.20 Å². The van der Waals surface area contributed by atoms with E-state index in [1.54, 1.807) is 6.20 Å². The Balaban J connectivity index is 2.66. The predicted molar refractivity (Wildman–Crippen MR) is 59.4 cm³/mol. The number of nitrogen functional groups attached to an aromatic ring is 1. The lowest BCUT2D eigenvalue weighted by atomic mass is 10.2. The first kappa shape index (κ1) is 11.7. The highest BCUT2D eigenvalue weighted by molar-refractivity contribution is 5.46. The highest BCUT2D eigenvalue weighted by atomic mass is 16.3. The van der Waals surface area contributed by atoms with Crippen molar-refractivity contribution < 1.29 is 5.11 Å². The van der Waals surface area contributed by atoms with E-state index >= 15 is 0 Å². The third-order valence-electron chi connectivity index (χ3n) is 2.08. The van der Waals surface area contributed by atoms with E-state index in [4.69, 9.17) is 5.84 Å². The Kier molecular flexibility index (Phi) is 4.26. The van der Waals surface area contributed by atoms with Crippen LogP contribution in [-0.2, 0) is 0 Å². The van der Waals surface area contributed by atoms with Crippen LogP contribution in [0.1, 0.15) is 18.9 Å². The molecule has 1 unspecified atom stereocenters. The maximum absolute atomic E-state index is 9.39. The van der Waals surface area contributed by atoms with Crippen molar-refractivity contribution in [2.45, 2.75) is 26.4 Å². The summed E-state index contributed by atoms with van der Waals surface area (Å²) in [6.45, 7) is 4.28. The first-order valence-electron chi connectivity index (χ1n) is 4.89. The van der Waals surface area contributed by atoms with Crippen LogP contribution in [0.5, 0.6) is 0 Å². The molecule has 0 amide bonds. The van der Waals surface area contributed by atoms with Crippen LogP contribution in [0.4, 0.5) is 11.8 Å². The minimum Gasteiger partial charge on any atom is -0.391 e. The van der Waals surface area contributed by atoms with Crippen molar-refractivity contribution in [3.05, 3.63) is 11.8 Å². The Bertz CT molecular complexity index is 317. The number of hydrogen-bond donors (Lipinski definition) is 4. The molecule has 0 saturated carbocycles. The van der Waals surface area contributed by atoms with Crippen molar-refractivity contribution in [3.8, 4) is 0 Å². The van der Waals surface area contributed by atoms with Gasteiger partial charge in [0.25, 0.3) is 0 Å². The fraction of sp³-hybridized carbons (Fsp3) is 0.556. The molecule has 1 heterocycles. The van der Waals surface area contributed by atoms with Crippen LogP contribution in [0, 0.1) is 6.92 Å². The molecular formula is C9H17N5O. The maximum atomic E-state index is 9.39. The molecule has 6 nitrogen and oxygen atoms in total. The van der Waals surface area contributed by atoms with Crippen molar-refractivity contribution in [1.29, 1.82) is 0 Å². The summed E-state index contributed by atoms with van der Waals surface area (Å²) in [5.41, 5.74) is 3.29. The Hall–Kier alpha value is -1.40. The Morgan fingerprint density at radius 3 is 2.93 bits per heavy atom. The van der Waals surface area contributed by atoms with Gasteiger partial charge in [0.1, 0.15) is 5.82 Å².